The Hall–Kier alpha value is -2.10. The topological polar surface area (TPSA) is 49.8 Å². The van der Waals surface area contributed by atoms with Crippen molar-refractivity contribution in [3.05, 3.63) is 41.1 Å². The Kier molecular flexibility index (Phi) is 4.01. The van der Waals surface area contributed by atoms with Crippen LogP contribution in [-0.4, -0.2) is 17.0 Å². The summed E-state index contributed by atoms with van der Waals surface area (Å²) >= 11 is 0. The number of hydrogen-bond donors (Lipinski definition) is 2. The van der Waals surface area contributed by atoms with Crippen LogP contribution in [0, 0.1) is 6.92 Å². The molecule has 1 fully saturated rings. The van der Waals surface area contributed by atoms with Crippen LogP contribution < -0.4 is 10.6 Å². The second kappa shape index (κ2) is 5.95. The number of nitrogens with zero attached hydrogens (tertiary/aromatic N) is 2. The number of anilines is 3. The second-order valence-corrected chi connectivity index (χ2v) is 6.38. The van der Waals surface area contributed by atoms with E-state index in [-0.39, 0.29) is 0 Å². The molecule has 0 spiro atoms. The van der Waals surface area contributed by atoms with Crippen molar-refractivity contribution in [2.45, 2.75) is 45.4 Å². The SMILES string of the molecule is CNc1nc(Nc2ccc(C(C)C)c(C)c2)cc(C2CC2)n1. The lowest BCUT2D eigenvalue weighted by molar-refractivity contribution is 0.857. The first kappa shape index (κ1) is 14.8. The van der Waals surface area contributed by atoms with Crippen LogP contribution in [0.15, 0.2) is 24.3 Å². The molecule has 0 saturated heterocycles. The fraction of sp³-hybridized carbons (Fsp3) is 0.444. The third-order valence-corrected chi connectivity index (χ3v) is 4.13. The van der Waals surface area contributed by atoms with E-state index in [9.17, 15) is 0 Å². The molecule has 116 valence electrons. The third-order valence-electron chi connectivity index (χ3n) is 4.13. The van der Waals surface area contributed by atoms with Crippen LogP contribution in [0.4, 0.5) is 17.5 Å². The number of nitrogens with one attached hydrogen (secondary N) is 2. The van der Waals surface area contributed by atoms with E-state index < -0.39 is 0 Å². The first-order chi connectivity index (χ1) is 10.6. The molecule has 1 aliphatic carbocycles. The van der Waals surface area contributed by atoms with Crippen LogP contribution in [0.1, 0.15) is 55.3 Å². The molecule has 0 aliphatic heterocycles. The summed E-state index contributed by atoms with van der Waals surface area (Å²) in [6, 6.07) is 8.59. The molecule has 0 amide bonds. The zero-order valence-electron chi connectivity index (χ0n) is 13.8. The Labute approximate surface area is 132 Å². The summed E-state index contributed by atoms with van der Waals surface area (Å²) < 4.78 is 0. The van der Waals surface area contributed by atoms with Crippen molar-refractivity contribution < 1.29 is 0 Å². The van der Waals surface area contributed by atoms with Crippen molar-refractivity contribution in [3.8, 4) is 0 Å². The first-order valence-corrected chi connectivity index (χ1v) is 8.01. The molecular weight excluding hydrogens is 272 g/mol. The summed E-state index contributed by atoms with van der Waals surface area (Å²) in [6.07, 6.45) is 2.48. The molecule has 1 aromatic heterocycles. The summed E-state index contributed by atoms with van der Waals surface area (Å²) in [6.45, 7) is 6.61. The summed E-state index contributed by atoms with van der Waals surface area (Å²) in [4.78, 5) is 9.06. The van der Waals surface area contributed by atoms with Crippen LogP contribution >= 0.6 is 0 Å². The minimum atomic E-state index is 0.547. The van der Waals surface area contributed by atoms with E-state index in [2.05, 4.69) is 65.6 Å². The Bertz CT molecular complexity index is 675. The van der Waals surface area contributed by atoms with Gasteiger partial charge >= 0.3 is 0 Å². The standard InChI is InChI=1S/C18H24N4/c1-11(2)15-8-7-14(9-12(15)3)20-17-10-16(13-5-6-13)21-18(19-4)22-17/h7-11,13H,5-6H2,1-4H3,(H2,19,20,21,22). The predicted molar refractivity (Wildman–Crippen MR) is 92.1 cm³/mol. The van der Waals surface area contributed by atoms with Crippen LogP contribution in [0.25, 0.3) is 0 Å². The van der Waals surface area contributed by atoms with Crippen LogP contribution in [0.3, 0.4) is 0 Å². The van der Waals surface area contributed by atoms with Crippen LogP contribution in [-0.2, 0) is 0 Å². The molecule has 1 heterocycles. The highest BCUT2D eigenvalue weighted by Crippen LogP contribution is 2.40. The van der Waals surface area contributed by atoms with Gasteiger partial charge in [0.2, 0.25) is 5.95 Å². The smallest absolute Gasteiger partial charge is 0.224 e. The molecule has 0 radical (unpaired) electrons. The maximum atomic E-state index is 4.55. The van der Waals surface area contributed by atoms with Gasteiger partial charge in [-0.1, -0.05) is 19.9 Å². The third kappa shape index (κ3) is 3.21. The molecule has 1 aromatic carbocycles. The van der Waals surface area contributed by atoms with E-state index in [1.165, 1.54) is 24.0 Å². The van der Waals surface area contributed by atoms with E-state index in [4.69, 9.17) is 0 Å². The van der Waals surface area contributed by atoms with Gasteiger partial charge in [-0.15, -0.1) is 0 Å². The predicted octanol–water partition coefficient (Wildman–Crippen LogP) is 4.57. The summed E-state index contributed by atoms with van der Waals surface area (Å²) in [5, 5.41) is 6.47. The summed E-state index contributed by atoms with van der Waals surface area (Å²) in [7, 11) is 1.86. The van der Waals surface area contributed by atoms with Gasteiger partial charge in [0.15, 0.2) is 0 Å². The largest absolute Gasteiger partial charge is 0.357 e. The average Bonchev–Trinajstić information content (AvgIpc) is 3.31. The number of benzene rings is 1. The van der Waals surface area contributed by atoms with Gasteiger partial charge in [0, 0.05) is 24.7 Å². The molecule has 4 nitrogen and oxygen atoms in total. The van der Waals surface area contributed by atoms with Crippen molar-refractivity contribution in [2.24, 2.45) is 0 Å². The Morgan fingerprint density at radius 2 is 1.91 bits per heavy atom. The quantitative estimate of drug-likeness (QED) is 0.848. The Morgan fingerprint density at radius 3 is 2.50 bits per heavy atom. The van der Waals surface area contributed by atoms with Crippen molar-refractivity contribution in [2.75, 3.05) is 17.7 Å². The minimum Gasteiger partial charge on any atom is -0.357 e. The summed E-state index contributed by atoms with van der Waals surface area (Å²) in [5.74, 6) is 2.70. The second-order valence-electron chi connectivity index (χ2n) is 6.38. The van der Waals surface area contributed by atoms with Gasteiger partial charge in [-0.05, 0) is 48.9 Å². The van der Waals surface area contributed by atoms with Crippen LogP contribution in [0.5, 0.6) is 0 Å². The lowest BCUT2D eigenvalue weighted by Crippen LogP contribution is -2.03. The molecule has 0 unspecified atom stereocenters. The highest BCUT2D eigenvalue weighted by Gasteiger charge is 2.26. The molecule has 2 aromatic rings. The van der Waals surface area contributed by atoms with Gasteiger partial charge in [0.25, 0.3) is 0 Å². The maximum absolute atomic E-state index is 4.55. The number of aromatic nitrogens is 2. The molecule has 0 bridgehead atoms. The first-order valence-electron chi connectivity index (χ1n) is 8.01. The lowest BCUT2D eigenvalue weighted by atomic mass is 9.98. The highest BCUT2D eigenvalue weighted by molar-refractivity contribution is 5.60. The monoisotopic (exact) mass is 296 g/mol. The number of rotatable bonds is 5. The van der Waals surface area contributed by atoms with Gasteiger partial charge in [0.05, 0.1) is 5.69 Å². The van der Waals surface area contributed by atoms with E-state index in [1.54, 1.807) is 0 Å². The number of hydrogen-bond acceptors (Lipinski definition) is 4. The van der Waals surface area contributed by atoms with Crippen molar-refractivity contribution in [1.82, 2.24) is 9.97 Å². The van der Waals surface area contributed by atoms with E-state index >= 15 is 0 Å². The normalized spacial score (nSPS) is 14.2. The van der Waals surface area contributed by atoms with Gasteiger partial charge in [-0.2, -0.15) is 4.98 Å². The molecule has 22 heavy (non-hydrogen) atoms. The van der Waals surface area contributed by atoms with Crippen LogP contribution in [0.2, 0.25) is 0 Å². The molecule has 0 atom stereocenters. The molecule has 1 aliphatic rings. The zero-order chi connectivity index (χ0) is 15.7. The van der Waals surface area contributed by atoms with Crippen molar-refractivity contribution in [1.29, 1.82) is 0 Å². The Balaban J connectivity index is 1.86. The fourth-order valence-corrected chi connectivity index (χ4v) is 2.78. The zero-order valence-corrected chi connectivity index (χ0v) is 13.8. The highest BCUT2D eigenvalue weighted by atomic mass is 15.1. The van der Waals surface area contributed by atoms with Crippen molar-refractivity contribution >= 4 is 17.5 Å². The summed E-state index contributed by atoms with van der Waals surface area (Å²) in [5.41, 5.74) is 4.91. The Morgan fingerprint density at radius 1 is 1.14 bits per heavy atom. The minimum absolute atomic E-state index is 0.547. The molecular formula is C18H24N4. The molecule has 3 rings (SSSR count). The molecule has 4 heteroatoms. The van der Waals surface area contributed by atoms with E-state index in [0.29, 0.717) is 17.8 Å². The van der Waals surface area contributed by atoms with Gasteiger partial charge in [-0.3, -0.25) is 0 Å². The van der Waals surface area contributed by atoms with Gasteiger partial charge in [0.1, 0.15) is 5.82 Å². The van der Waals surface area contributed by atoms with E-state index in [0.717, 1.165) is 17.2 Å². The van der Waals surface area contributed by atoms with Gasteiger partial charge < -0.3 is 10.6 Å². The molecule has 2 N–H and O–H groups in total. The fourth-order valence-electron chi connectivity index (χ4n) is 2.78. The average molecular weight is 296 g/mol. The van der Waals surface area contributed by atoms with Crippen molar-refractivity contribution in [3.63, 3.8) is 0 Å². The lowest BCUT2D eigenvalue weighted by Gasteiger charge is -2.13. The molecule has 1 saturated carbocycles. The number of aryl methyl sites for hydroxylation is 1. The van der Waals surface area contributed by atoms with Gasteiger partial charge in [-0.25, -0.2) is 4.98 Å². The van der Waals surface area contributed by atoms with E-state index in [1.807, 2.05) is 7.05 Å². The maximum Gasteiger partial charge on any atom is 0.224 e.